The second-order valence-corrected chi connectivity index (χ2v) is 9.43. The van der Waals surface area contributed by atoms with E-state index in [1.165, 1.54) is 12.1 Å². The number of piperazine rings is 1. The van der Waals surface area contributed by atoms with Gasteiger partial charge in [0.15, 0.2) is 6.23 Å². The number of nitrogens with zero attached hydrogens (tertiary/aromatic N) is 2. The van der Waals surface area contributed by atoms with Gasteiger partial charge in [-0.2, -0.15) is 0 Å². The van der Waals surface area contributed by atoms with Crippen LogP contribution in [0, 0.1) is 5.82 Å². The van der Waals surface area contributed by atoms with E-state index in [-0.39, 0.29) is 17.6 Å². The average molecular weight is 439 g/mol. The lowest BCUT2D eigenvalue weighted by Gasteiger charge is -2.47. The highest BCUT2D eigenvalue weighted by molar-refractivity contribution is 5.95. The van der Waals surface area contributed by atoms with E-state index in [9.17, 15) is 19.1 Å². The normalized spacial score (nSPS) is 22.6. The number of aliphatic hydroxyl groups is 1. The van der Waals surface area contributed by atoms with E-state index in [2.05, 4.69) is 5.32 Å². The van der Waals surface area contributed by atoms with Crippen LogP contribution in [0.1, 0.15) is 48.8 Å². The van der Waals surface area contributed by atoms with E-state index in [0.717, 1.165) is 11.3 Å². The van der Waals surface area contributed by atoms with Crippen LogP contribution in [0.4, 0.5) is 10.1 Å². The zero-order valence-electron chi connectivity index (χ0n) is 18.1. The molecule has 0 bridgehead atoms. The van der Waals surface area contributed by atoms with E-state index in [1.807, 2.05) is 26.0 Å². The summed E-state index contributed by atoms with van der Waals surface area (Å²) in [5.41, 5.74) is 0.340. The number of benzene rings is 2. The fraction of sp³-hybridized carbons (Fsp3) is 0.417. The molecule has 168 valence electrons. The van der Waals surface area contributed by atoms with Crippen molar-refractivity contribution in [1.82, 2.24) is 9.80 Å². The van der Waals surface area contributed by atoms with Crippen LogP contribution in [-0.2, 0) is 4.79 Å². The number of carbonyl (C=O) groups excluding carboxylic acids is 2. The standard InChI is InChI=1S/C24H26FN3O4/c1-23(2)14-27(22(30)24(31)9-10-24)11-12-28(23)21(29)16-5-3-15(4-6-16)20-26-18-8-7-17(25)13-19(18)32-20/h3-8,13,20,26,31H,9-12,14H2,1-2H3. The Morgan fingerprint density at radius 1 is 1.12 bits per heavy atom. The molecule has 2 aromatic carbocycles. The van der Waals surface area contributed by atoms with Crippen molar-refractivity contribution in [3.05, 3.63) is 59.4 Å². The molecule has 3 aliphatic rings. The first-order chi connectivity index (χ1) is 15.2. The van der Waals surface area contributed by atoms with Crippen LogP contribution in [0.3, 0.4) is 0 Å². The van der Waals surface area contributed by atoms with Crippen molar-refractivity contribution in [3.63, 3.8) is 0 Å². The van der Waals surface area contributed by atoms with Gasteiger partial charge in [-0.15, -0.1) is 0 Å². The first-order valence-electron chi connectivity index (χ1n) is 10.8. The number of ether oxygens (including phenoxy) is 1. The lowest BCUT2D eigenvalue weighted by Crippen LogP contribution is -2.63. The molecule has 8 heteroatoms. The first-order valence-corrected chi connectivity index (χ1v) is 10.8. The van der Waals surface area contributed by atoms with Gasteiger partial charge in [-0.3, -0.25) is 9.59 Å². The molecule has 1 aliphatic carbocycles. The van der Waals surface area contributed by atoms with Crippen molar-refractivity contribution >= 4 is 17.5 Å². The lowest BCUT2D eigenvalue weighted by molar-refractivity contribution is -0.146. The third-order valence-corrected chi connectivity index (χ3v) is 6.49. The Balaban J connectivity index is 1.26. The van der Waals surface area contributed by atoms with Gasteiger partial charge in [-0.1, -0.05) is 12.1 Å². The van der Waals surface area contributed by atoms with Crippen LogP contribution in [0.15, 0.2) is 42.5 Å². The lowest BCUT2D eigenvalue weighted by atomic mass is 9.96. The summed E-state index contributed by atoms with van der Waals surface area (Å²) in [4.78, 5) is 29.2. The number of nitrogens with one attached hydrogen (secondary N) is 1. The van der Waals surface area contributed by atoms with Crippen LogP contribution in [0.2, 0.25) is 0 Å². The number of rotatable bonds is 3. The van der Waals surface area contributed by atoms with Crippen LogP contribution < -0.4 is 10.1 Å². The van der Waals surface area contributed by atoms with E-state index < -0.39 is 17.4 Å². The third kappa shape index (κ3) is 3.58. The summed E-state index contributed by atoms with van der Waals surface area (Å²) in [6.07, 6.45) is 0.574. The fourth-order valence-corrected chi connectivity index (χ4v) is 4.45. The van der Waals surface area contributed by atoms with Gasteiger partial charge in [-0.05, 0) is 51.0 Å². The number of anilines is 1. The van der Waals surface area contributed by atoms with Gasteiger partial charge in [-0.25, -0.2) is 4.39 Å². The largest absolute Gasteiger partial charge is 0.464 e. The molecule has 32 heavy (non-hydrogen) atoms. The Morgan fingerprint density at radius 2 is 1.84 bits per heavy atom. The summed E-state index contributed by atoms with van der Waals surface area (Å²) in [5.74, 6) is -0.237. The molecule has 2 aliphatic heterocycles. The Labute approximate surface area is 185 Å². The molecule has 1 unspecified atom stereocenters. The minimum Gasteiger partial charge on any atom is -0.464 e. The third-order valence-electron chi connectivity index (χ3n) is 6.49. The number of halogens is 1. The summed E-state index contributed by atoms with van der Waals surface area (Å²) < 4.78 is 19.2. The van der Waals surface area contributed by atoms with Gasteiger partial charge in [0.2, 0.25) is 0 Å². The summed E-state index contributed by atoms with van der Waals surface area (Å²) in [5, 5.41) is 13.3. The number of carbonyl (C=O) groups is 2. The van der Waals surface area contributed by atoms with Crippen molar-refractivity contribution in [2.45, 2.75) is 44.1 Å². The van der Waals surface area contributed by atoms with E-state index in [0.29, 0.717) is 43.8 Å². The molecule has 0 radical (unpaired) electrons. The second kappa shape index (κ2) is 7.20. The Kier molecular flexibility index (Phi) is 4.67. The minimum atomic E-state index is -1.19. The number of fused-ring (bicyclic) bond motifs is 1. The highest BCUT2D eigenvalue weighted by Gasteiger charge is 2.52. The van der Waals surface area contributed by atoms with Gasteiger partial charge < -0.3 is 25.0 Å². The SMILES string of the molecule is CC1(C)CN(C(=O)C2(O)CC2)CCN1C(=O)c1ccc(C2Nc3ccc(F)cc3O2)cc1. The molecule has 1 saturated heterocycles. The molecular weight excluding hydrogens is 413 g/mol. The fourth-order valence-electron chi connectivity index (χ4n) is 4.45. The van der Waals surface area contributed by atoms with Crippen LogP contribution in [-0.4, -0.2) is 57.5 Å². The molecule has 0 aromatic heterocycles. The second-order valence-electron chi connectivity index (χ2n) is 9.43. The molecule has 2 aromatic rings. The average Bonchev–Trinajstić information content (AvgIpc) is 3.37. The van der Waals surface area contributed by atoms with Crippen molar-refractivity contribution in [3.8, 4) is 5.75 Å². The van der Waals surface area contributed by atoms with Crippen molar-refractivity contribution in [1.29, 1.82) is 0 Å². The summed E-state index contributed by atoms with van der Waals surface area (Å²) in [7, 11) is 0. The first kappa shape index (κ1) is 20.8. The van der Waals surface area contributed by atoms with Crippen LogP contribution in [0.5, 0.6) is 5.75 Å². The molecule has 1 saturated carbocycles. The van der Waals surface area contributed by atoms with Gasteiger partial charge >= 0.3 is 0 Å². The van der Waals surface area contributed by atoms with Crippen molar-refractivity contribution in [2.24, 2.45) is 0 Å². The molecule has 2 fully saturated rings. The molecule has 1 atom stereocenters. The minimum absolute atomic E-state index is 0.107. The maximum Gasteiger partial charge on any atom is 0.254 e. The maximum atomic E-state index is 13.4. The predicted octanol–water partition coefficient (Wildman–Crippen LogP) is 2.92. The zero-order chi connectivity index (χ0) is 22.7. The highest BCUT2D eigenvalue weighted by atomic mass is 19.1. The molecule has 2 heterocycles. The Morgan fingerprint density at radius 3 is 2.50 bits per heavy atom. The molecule has 2 amide bonds. The topological polar surface area (TPSA) is 82.1 Å². The monoisotopic (exact) mass is 439 g/mol. The number of hydrogen-bond acceptors (Lipinski definition) is 5. The van der Waals surface area contributed by atoms with Crippen LogP contribution >= 0.6 is 0 Å². The molecule has 5 rings (SSSR count). The summed E-state index contributed by atoms with van der Waals surface area (Å²) in [6, 6.07) is 11.5. The van der Waals surface area contributed by atoms with Gasteiger partial charge in [0.1, 0.15) is 17.2 Å². The van der Waals surface area contributed by atoms with Gasteiger partial charge in [0.25, 0.3) is 11.8 Å². The Bertz CT molecular complexity index is 1080. The molecule has 2 N–H and O–H groups in total. The Hall–Kier alpha value is -3.13. The van der Waals surface area contributed by atoms with Gasteiger partial charge in [0.05, 0.1) is 11.2 Å². The molecule has 7 nitrogen and oxygen atoms in total. The molecule has 0 spiro atoms. The van der Waals surface area contributed by atoms with E-state index in [1.54, 1.807) is 28.0 Å². The highest BCUT2D eigenvalue weighted by Crippen LogP contribution is 2.39. The zero-order valence-corrected chi connectivity index (χ0v) is 18.1. The van der Waals surface area contributed by atoms with E-state index in [4.69, 9.17) is 4.74 Å². The van der Waals surface area contributed by atoms with E-state index >= 15 is 0 Å². The summed E-state index contributed by atoms with van der Waals surface area (Å²) >= 11 is 0. The molecular formula is C24H26FN3O4. The quantitative estimate of drug-likeness (QED) is 0.769. The van der Waals surface area contributed by atoms with Crippen molar-refractivity contribution in [2.75, 3.05) is 25.0 Å². The summed E-state index contributed by atoms with van der Waals surface area (Å²) in [6.45, 7) is 5.06. The number of hydrogen-bond donors (Lipinski definition) is 2. The maximum absolute atomic E-state index is 13.4. The predicted molar refractivity (Wildman–Crippen MR) is 116 cm³/mol. The van der Waals surface area contributed by atoms with Crippen molar-refractivity contribution < 1.29 is 23.8 Å². The number of amides is 2. The smallest absolute Gasteiger partial charge is 0.254 e. The van der Waals surface area contributed by atoms with Crippen LogP contribution in [0.25, 0.3) is 0 Å². The van der Waals surface area contributed by atoms with Gasteiger partial charge in [0, 0.05) is 36.8 Å².